The van der Waals surface area contributed by atoms with Gasteiger partial charge in [0.15, 0.2) is 11.6 Å². The Hall–Kier alpha value is -2.56. The zero-order valence-electron chi connectivity index (χ0n) is 10.7. The van der Waals surface area contributed by atoms with Gasteiger partial charge in [0.2, 0.25) is 0 Å². The maximum atomic E-state index is 13.6. The number of carboxylic acid groups (broad SMARTS) is 1. The number of rotatable bonds is 5. The molecule has 0 aromatic heterocycles. The third kappa shape index (κ3) is 3.26. The number of nitrogen functional groups attached to an aromatic ring is 1. The molecule has 20 heavy (non-hydrogen) atoms. The number of ether oxygens (including phenoxy) is 1. The molecule has 2 rings (SSSR count). The van der Waals surface area contributed by atoms with Crippen molar-refractivity contribution in [3.05, 3.63) is 59.4 Å². The maximum Gasteiger partial charge on any atom is 0.307 e. The van der Waals surface area contributed by atoms with Crippen LogP contribution in [0, 0.1) is 5.82 Å². The van der Waals surface area contributed by atoms with Crippen LogP contribution in [0.4, 0.5) is 10.1 Å². The van der Waals surface area contributed by atoms with Crippen LogP contribution < -0.4 is 10.5 Å². The predicted molar refractivity (Wildman–Crippen MR) is 72.9 cm³/mol. The Morgan fingerprint density at radius 1 is 1.15 bits per heavy atom. The lowest BCUT2D eigenvalue weighted by molar-refractivity contribution is -0.136. The van der Waals surface area contributed by atoms with Gasteiger partial charge in [-0.2, -0.15) is 0 Å². The van der Waals surface area contributed by atoms with E-state index in [-0.39, 0.29) is 24.5 Å². The second-order valence-corrected chi connectivity index (χ2v) is 4.29. The van der Waals surface area contributed by atoms with Crippen LogP contribution >= 0.6 is 0 Å². The van der Waals surface area contributed by atoms with Crippen molar-refractivity contribution in [3.8, 4) is 5.75 Å². The number of anilines is 1. The van der Waals surface area contributed by atoms with E-state index in [2.05, 4.69) is 0 Å². The normalized spacial score (nSPS) is 10.2. The van der Waals surface area contributed by atoms with Crippen molar-refractivity contribution in [2.24, 2.45) is 0 Å². The van der Waals surface area contributed by atoms with E-state index in [1.165, 1.54) is 12.1 Å². The molecule has 2 aromatic carbocycles. The molecule has 0 aliphatic heterocycles. The van der Waals surface area contributed by atoms with Gasteiger partial charge in [-0.1, -0.05) is 30.3 Å². The number of carboxylic acids is 1. The lowest BCUT2D eigenvalue weighted by Gasteiger charge is -2.12. The van der Waals surface area contributed by atoms with E-state index in [4.69, 9.17) is 15.6 Å². The van der Waals surface area contributed by atoms with Gasteiger partial charge in [0.1, 0.15) is 6.61 Å². The van der Waals surface area contributed by atoms with Crippen LogP contribution in [0.15, 0.2) is 42.5 Å². The zero-order valence-corrected chi connectivity index (χ0v) is 10.7. The van der Waals surface area contributed by atoms with Crippen LogP contribution in [0.2, 0.25) is 0 Å². The topological polar surface area (TPSA) is 72.5 Å². The van der Waals surface area contributed by atoms with Gasteiger partial charge >= 0.3 is 5.97 Å². The summed E-state index contributed by atoms with van der Waals surface area (Å²) < 4.78 is 18.9. The number of aliphatic carboxylic acids is 1. The molecule has 0 spiro atoms. The molecule has 4 nitrogen and oxygen atoms in total. The Morgan fingerprint density at radius 3 is 2.50 bits per heavy atom. The summed E-state index contributed by atoms with van der Waals surface area (Å²) in [6.07, 6.45) is -0.105. The zero-order chi connectivity index (χ0) is 14.5. The molecular formula is C15H14FNO3. The Morgan fingerprint density at radius 2 is 1.85 bits per heavy atom. The summed E-state index contributed by atoms with van der Waals surface area (Å²) in [5, 5.41) is 8.84. The molecule has 0 aliphatic carbocycles. The summed E-state index contributed by atoms with van der Waals surface area (Å²) in [5.74, 6) is -1.49. The van der Waals surface area contributed by atoms with E-state index >= 15 is 0 Å². The summed E-state index contributed by atoms with van der Waals surface area (Å²) in [6, 6.07) is 11.3. The van der Waals surface area contributed by atoms with Crippen molar-refractivity contribution < 1.29 is 19.0 Å². The molecule has 5 heteroatoms. The number of hydrogen-bond donors (Lipinski definition) is 2. The first kappa shape index (κ1) is 13.9. The van der Waals surface area contributed by atoms with Gasteiger partial charge in [0, 0.05) is 0 Å². The van der Waals surface area contributed by atoms with Crippen LogP contribution in [0.5, 0.6) is 5.75 Å². The Kier molecular flexibility index (Phi) is 4.20. The molecule has 2 aromatic rings. The molecule has 0 saturated carbocycles. The molecule has 0 atom stereocenters. The average Bonchev–Trinajstić information content (AvgIpc) is 2.39. The monoisotopic (exact) mass is 275 g/mol. The molecule has 0 fully saturated rings. The van der Waals surface area contributed by atoms with Crippen LogP contribution in [0.3, 0.4) is 0 Å². The van der Waals surface area contributed by atoms with Gasteiger partial charge in [-0.3, -0.25) is 4.79 Å². The van der Waals surface area contributed by atoms with Crippen LogP contribution in [0.1, 0.15) is 11.1 Å². The minimum Gasteiger partial charge on any atom is -0.484 e. The quantitative estimate of drug-likeness (QED) is 0.823. The smallest absolute Gasteiger partial charge is 0.307 e. The number of nitrogens with two attached hydrogens (primary N) is 1. The van der Waals surface area contributed by atoms with Gasteiger partial charge in [0.25, 0.3) is 0 Å². The van der Waals surface area contributed by atoms with Crippen molar-refractivity contribution in [2.75, 3.05) is 5.73 Å². The van der Waals surface area contributed by atoms with Crippen LogP contribution in [-0.2, 0) is 17.8 Å². The van der Waals surface area contributed by atoms with Crippen LogP contribution in [-0.4, -0.2) is 11.1 Å². The van der Waals surface area contributed by atoms with Gasteiger partial charge in [-0.15, -0.1) is 0 Å². The standard InChI is InChI=1S/C15H14FNO3/c16-12-6-3-7-13(17)15(12)20-9-11-5-2-1-4-10(11)8-14(18)19/h1-7H,8-9,17H2,(H,18,19). The summed E-state index contributed by atoms with van der Waals surface area (Å²) in [4.78, 5) is 10.8. The summed E-state index contributed by atoms with van der Waals surface area (Å²) in [7, 11) is 0. The van der Waals surface area contributed by atoms with Gasteiger partial charge in [-0.25, -0.2) is 4.39 Å². The number of halogens is 1. The van der Waals surface area contributed by atoms with Crippen molar-refractivity contribution in [2.45, 2.75) is 13.0 Å². The van der Waals surface area contributed by atoms with E-state index in [0.29, 0.717) is 11.1 Å². The third-order valence-corrected chi connectivity index (χ3v) is 2.83. The highest BCUT2D eigenvalue weighted by Crippen LogP contribution is 2.26. The first-order valence-corrected chi connectivity index (χ1v) is 6.03. The highest BCUT2D eigenvalue weighted by atomic mass is 19.1. The number of carbonyl (C=O) groups is 1. The van der Waals surface area contributed by atoms with Crippen molar-refractivity contribution in [1.82, 2.24) is 0 Å². The minimum atomic E-state index is -0.928. The van der Waals surface area contributed by atoms with Gasteiger partial charge < -0.3 is 15.6 Å². The molecule has 3 N–H and O–H groups in total. The fraction of sp³-hybridized carbons (Fsp3) is 0.133. The molecule has 0 unspecified atom stereocenters. The molecule has 0 radical (unpaired) electrons. The second kappa shape index (κ2) is 6.06. The van der Waals surface area contributed by atoms with Gasteiger partial charge in [-0.05, 0) is 23.3 Å². The third-order valence-electron chi connectivity index (χ3n) is 2.83. The molecular weight excluding hydrogens is 261 g/mol. The first-order chi connectivity index (χ1) is 9.58. The first-order valence-electron chi connectivity index (χ1n) is 6.03. The maximum absolute atomic E-state index is 13.6. The number of para-hydroxylation sites is 1. The Labute approximate surface area is 115 Å². The van der Waals surface area contributed by atoms with E-state index in [0.717, 1.165) is 0 Å². The minimum absolute atomic E-state index is 0.0161. The van der Waals surface area contributed by atoms with E-state index in [9.17, 15) is 9.18 Å². The lowest BCUT2D eigenvalue weighted by Crippen LogP contribution is -2.07. The fourth-order valence-corrected chi connectivity index (χ4v) is 1.86. The summed E-state index contributed by atoms with van der Waals surface area (Å²) in [5.41, 5.74) is 7.18. The number of benzene rings is 2. The predicted octanol–water partition coefficient (Wildman–Crippen LogP) is 2.61. The number of hydrogen-bond acceptors (Lipinski definition) is 3. The highest BCUT2D eigenvalue weighted by Gasteiger charge is 2.10. The van der Waals surface area contributed by atoms with E-state index in [1.807, 2.05) is 0 Å². The average molecular weight is 275 g/mol. The SMILES string of the molecule is Nc1cccc(F)c1OCc1ccccc1CC(=O)O. The highest BCUT2D eigenvalue weighted by molar-refractivity contribution is 5.70. The molecule has 0 amide bonds. The van der Waals surface area contributed by atoms with Crippen molar-refractivity contribution in [1.29, 1.82) is 0 Å². The fourth-order valence-electron chi connectivity index (χ4n) is 1.86. The Balaban J connectivity index is 2.17. The Bertz CT molecular complexity index is 608. The summed E-state index contributed by atoms with van der Waals surface area (Å²) in [6.45, 7) is 0.0641. The van der Waals surface area contributed by atoms with Crippen LogP contribution in [0.25, 0.3) is 0 Å². The molecule has 0 heterocycles. The lowest BCUT2D eigenvalue weighted by atomic mass is 10.1. The molecule has 0 bridgehead atoms. The largest absolute Gasteiger partial charge is 0.484 e. The van der Waals surface area contributed by atoms with E-state index < -0.39 is 11.8 Å². The molecule has 104 valence electrons. The van der Waals surface area contributed by atoms with E-state index in [1.54, 1.807) is 30.3 Å². The molecule has 0 aliphatic rings. The van der Waals surface area contributed by atoms with Gasteiger partial charge in [0.05, 0.1) is 12.1 Å². The second-order valence-electron chi connectivity index (χ2n) is 4.29. The molecule has 0 saturated heterocycles. The van der Waals surface area contributed by atoms with Crippen molar-refractivity contribution in [3.63, 3.8) is 0 Å². The summed E-state index contributed by atoms with van der Waals surface area (Å²) >= 11 is 0. The van der Waals surface area contributed by atoms with Crippen molar-refractivity contribution >= 4 is 11.7 Å².